The molecule has 2 heterocycles. The lowest BCUT2D eigenvalue weighted by Crippen LogP contribution is -2.46. The van der Waals surface area contributed by atoms with Crippen LogP contribution in [0, 0.1) is 5.92 Å². The average Bonchev–Trinajstić information content (AvgIpc) is 3.13. The van der Waals surface area contributed by atoms with E-state index in [1.165, 1.54) is 19.4 Å². The molecular formula is C19H35IN4O2. The molecule has 1 aliphatic heterocycles. The summed E-state index contributed by atoms with van der Waals surface area (Å²) < 4.78 is 5.31. The van der Waals surface area contributed by atoms with Gasteiger partial charge in [-0.2, -0.15) is 0 Å². The van der Waals surface area contributed by atoms with E-state index in [1.807, 2.05) is 6.92 Å². The molecule has 0 bridgehead atoms. The quantitative estimate of drug-likeness (QED) is 0.320. The maximum absolute atomic E-state index is 10.5. The van der Waals surface area contributed by atoms with Gasteiger partial charge in [0.1, 0.15) is 11.4 Å². The third-order valence-corrected chi connectivity index (χ3v) is 4.78. The van der Waals surface area contributed by atoms with Gasteiger partial charge in [0.05, 0.1) is 12.8 Å². The molecule has 0 aromatic carbocycles. The lowest BCUT2D eigenvalue weighted by molar-refractivity contribution is 0.0436. The van der Waals surface area contributed by atoms with Crippen molar-refractivity contribution in [2.75, 3.05) is 32.7 Å². The fraction of sp³-hybridized carbons (Fsp3) is 0.737. The highest BCUT2D eigenvalue weighted by Gasteiger charge is 2.26. The number of aliphatic hydroxyl groups is 1. The predicted molar refractivity (Wildman–Crippen MR) is 117 cm³/mol. The van der Waals surface area contributed by atoms with Crippen LogP contribution in [-0.4, -0.2) is 54.7 Å². The number of aliphatic imine (C=N–C) groups is 1. The third-order valence-electron chi connectivity index (χ3n) is 4.78. The van der Waals surface area contributed by atoms with Gasteiger partial charge in [-0.3, -0.25) is 0 Å². The van der Waals surface area contributed by atoms with Crippen LogP contribution in [0.1, 0.15) is 46.3 Å². The molecule has 150 valence electrons. The largest absolute Gasteiger partial charge is 0.466 e. The van der Waals surface area contributed by atoms with Gasteiger partial charge in [0, 0.05) is 25.7 Å². The Bertz CT molecular complexity index is 532. The highest BCUT2D eigenvalue weighted by atomic mass is 127. The summed E-state index contributed by atoms with van der Waals surface area (Å²) in [7, 11) is 0. The van der Waals surface area contributed by atoms with Crippen LogP contribution in [0.15, 0.2) is 27.8 Å². The van der Waals surface area contributed by atoms with Crippen LogP contribution in [0.5, 0.6) is 0 Å². The van der Waals surface area contributed by atoms with Crippen molar-refractivity contribution < 1.29 is 9.52 Å². The normalized spacial score (nSPS) is 21.2. The molecule has 1 saturated heterocycles. The summed E-state index contributed by atoms with van der Waals surface area (Å²) in [5.74, 6) is 1.91. The molecule has 1 aromatic heterocycles. The smallest absolute Gasteiger partial charge is 0.191 e. The van der Waals surface area contributed by atoms with Gasteiger partial charge < -0.3 is 25.1 Å². The molecule has 0 radical (unpaired) electrons. The van der Waals surface area contributed by atoms with Crippen LogP contribution in [0.2, 0.25) is 0 Å². The molecule has 1 aliphatic rings. The number of rotatable bonds is 7. The second-order valence-corrected chi connectivity index (χ2v) is 7.42. The summed E-state index contributed by atoms with van der Waals surface area (Å²) in [6.07, 6.45) is 4.08. The molecule has 1 fully saturated rings. The molecule has 3 N–H and O–H groups in total. The maximum atomic E-state index is 10.5. The van der Waals surface area contributed by atoms with Gasteiger partial charge >= 0.3 is 0 Å². The van der Waals surface area contributed by atoms with Crippen molar-refractivity contribution in [3.05, 3.63) is 24.2 Å². The summed E-state index contributed by atoms with van der Waals surface area (Å²) in [5.41, 5.74) is -1.11. The van der Waals surface area contributed by atoms with Gasteiger partial charge in [-0.15, -0.1) is 24.0 Å². The molecule has 1 aromatic rings. The highest BCUT2D eigenvalue weighted by Crippen LogP contribution is 2.21. The Kier molecular flexibility index (Phi) is 9.95. The Labute approximate surface area is 174 Å². The topological polar surface area (TPSA) is 73.0 Å². The number of hydrogen-bond acceptors (Lipinski definition) is 4. The molecule has 0 aliphatic carbocycles. The number of nitrogens with zero attached hydrogens (tertiary/aromatic N) is 2. The van der Waals surface area contributed by atoms with E-state index >= 15 is 0 Å². The van der Waals surface area contributed by atoms with Gasteiger partial charge in [-0.25, -0.2) is 4.99 Å². The molecule has 0 amide bonds. The van der Waals surface area contributed by atoms with Crippen LogP contribution in [0.25, 0.3) is 0 Å². The maximum Gasteiger partial charge on any atom is 0.191 e. The highest BCUT2D eigenvalue weighted by molar-refractivity contribution is 14.0. The molecule has 7 heteroatoms. The SMILES string of the molecule is CCNC(=NCC(C)(O)c1ccco1)NCC1CCCN(C(C)C)C1.I. The first-order chi connectivity index (χ1) is 11.9. The number of hydrogen-bond donors (Lipinski definition) is 3. The molecule has 0 saturated carbocycles. The van der Waals surface area contributed by atoms with Crippen molar-refractivity contribution in [1.29, 1.82) is 0 Å². The van der Waals surface area contributed by atoms with E-state index in [-0.39, 0.29) is 30.5 Å². The van der Waals surface area contributed by atoms with E-state index in [1.54, 1.807) is 25.3 Å². The monoisotopic (exact) mass is 478 g/mol. The van der Waals surface area contributed by atoms with Crippen LogP contribution < -0.4 is 10.6 Å². The number of furan rings is 1. The second kappa shape index (κ2) is 11.1. The Hall–Kier alpha value is -0.800. The summed E-state index contributed by atoms with van der Waals surface area (Å²) in [6, 6.07) is 4.16. The van der Waals surface area contributed by atoms with E-state index in [4.69, 9.17) is 4.42 Å². The first-order valence-electron chi connectivity index (χ1n) is 9.45. The van der Waals surface area contributed by atoms with Crippen molar-refractivity contribution in [2.45, 2.75) is 52.2 Å². The molecule has 2 unspecified atom stereocenters. The van der Waals surface area contributed by atoms with Gasteiger partial charge in [0.25, 0.3) is 0 Å². The minimum Gasteiger partial charge on any atom is -0.466 e. The van der Waals surface area contributed by atoms with Gasteiger partial charge in [0.2, 0.25) is 0 Å². The zero-order valence-electron chi connectivity index (χ0n) is 16.5. The Balaban J connectivity index is 0.00000338. The molecular weight excluding hydrogens is 443 g/mol. The molecule has 0 spiro atoms. The second-order valence-electron chi connectivity index (χ2n) is 7.42. The first kappa shape index (κ1) is 23.2. The summed E-state index contributed by atoms with van der Waals surface area (Å²) in [6.45, 7) is 12.6. The summed E-state index contributed by atoms with van der Waals surface area (Å²) in [5, 5.41) is 17.2. The van der Waals surface area contributed by atoms with Crippen LogP contribution in [0.3, 0.4) is 0 Å². The predicted octanol–water partition coefficient (Wildman–Crippen LogP) is 2.78. The zero-order chi connectivity index (χ0) is 18.3. The Morgan fingerprint density at radius 1 is 1.46 bits per heavy atom. The minimum atomic E-state index is -1.11. The number of piperidine rings is 1. The van der Waals surface area contributed by atoms with Crippen LogP contribution in [-0.2, 0) is 5.60 Å². The Morgan fingerprint density at radius 3 is 2.85 bits per heavy atom. The first-order valence-corrected chi connectivity index (χ1v) is 9.45. The number of halogens is 1. The van der Waals surface area contributed by atoms with E-state index in [0.29, 0.717) is 17.7 Å². The van der Waals surface area contributed by atoms with Gasteiger partial charge in [-0.05, 0) is 65.1 Å². The summed E-state index contributed by atoms with van der Waals surface area (Å²) in [4.78, 5) is 7.09. The zero-order valence-corrected chi connectivity index (χ0v) is 18.8. The van der Waals surface area contributed by atoms with Crippen molar-refractivity contribution in [2.24, 2.45) is 10.9 Å². The van der Waals surface area contributed by atoms with E-state index in [2.05, 4.69) is 34.4 Å². The fourth-order valence-corrected chi connectivity index (χ4v) is 3.21. The van der Waals surface area contributed by atoms with Crippen molar-refractivity contribution in [3.63, 3.8) is 0 Å². The van der Waals surface area contributed by atoms with E-state index in [9.17, 15) is 5.11 Å². The van der Waals surface area contributed by atoms with Crippen molar-refractivity contribution in [3.8, 4) is 0 Å². The number of nitrogens with one attached hydrogen (secondary N) is 2. The van der Waals surface area contributed by atoms with Crippen LogP contribution >= 0.6 is 24.0 Å². The van der Waals surface area contributed by atoms with Gasteiger partial charge in [0.15, 0.2) is 5.96 Å². The Morgan fingerprint density at radius 2 is 2.23 bits per heavy atom. The molecule has 26 heavy (non-hydrogen) atoms. The van der Waals surface area contributed by atoms with E-state index < -0.39 is 5.60 Å². The lowest BCUT2D eigenvalue weighted by Gasteiger charge is -2.35. The van der Waals surface area contributed by atoms with Crippen molar-refractivity contribution >= 4 is 29.9 Å². The van der Waals surface area contributed by atoms with Crippen molar-refractivity contribution in [1.82, 2.24) is 15.5 Å². The van der Waals surface area contributed by atoms with Gasteiger partial charge in [-0.1, -0.05) is 0 Å². The standard InChI is InChI=1S/C19H34N4O2.HI/c1-5-20-18(22-14-19(4,24)17-9-7-11-25-17)21-12-16-8-6-10-23(13-16)15(2)3;/h7,9,11,15-16,24H,5-6,8,10,12-14H2,1-4H3,(H2,20,21,22);1H. The lowest BCUT2D eigenvalue weighted by atomic mass is 9.97. The molecule has 2 atom stereocenters. The van der Waals surface area contributed by atoms with E-state index in [0.717, 1.165) is 25.6 Å². The molecule has 2 rings (SSSR count). The minimum absolute atomic E-state index is 0. The summed E-state index contributed by atoms with van der Waals surface area (Å²) >= 11 is 0. The van der Waals surface area contributed by atoms with Crippen LogP contribution in [0.4, 0.5) is 0 Å². The fourth-order valence-electron chi connectivity index (χ4n) is 3.21. The average molecular weight is 478 g/mol. The molecule has 6 nitrogen and oxygen atoms in total. The third kappa shape index (κ3) is 7.08. The number of likely N-dealkylation sites (tertiary alicyclic amines) is 1. The number of guanidine groups is 1.